The maximum Gasteiger partial charge on any atom is 0.0782 e. The largest absolute Gasteiger partial charge is 0.285 e. The molecule has 0 amide bonds. The first-order valence-corrected chi connectivity index (χ1v) is 7.35. The molecule has 1 atom stereocenters. The van der Waals surface area contributed by atoms with Crippen molar-refractivity contribution >= 4 is 41.0 Å². The van der Waals surface area contributed by atoms with Gasteiger partial charge in [0.2, 0.25) is 0 Å². The van der Waals surface area contributed by atoms with Crippen molar-refractivity contribution in [2.45, 2.75) is 19.9 Å². The number of aryl methyl sites for hydroxylation is 1. The third kappa shape index (κ3) is 3.54. The van der Waals surface area contributed by atoms with E-state index >= 15 is 0 Å². The second-order valence-corrected chi connectivity index (χ2v) is 5.79. The van der Waals surface area contributed by atoms with E-state index in [1.54, 1.807) is 6.07 Å². The maximum atomic E-state index is 6.21. The van der Waals surface area contributed by atoms with Gasteiger partial charge in [-0.2, -0.15) is 0 Å². The molecule has 0 heterocycles. The fourth-order valence-electron chi connectivity index (χ4n) is 1.79. The lowest BCUT2D eigenvalue weighted by Crippen LogP contribution is -1.93. The molecule has 0 aliphatic heterocycles. The fourth-order valence-corrected chi connectivity index (χ4v) is 2.49. The van der Waals surface area contributed by atoms with E-state index in [9.17, 15) is 0 Å². The van der Waals surface area contributed by atoms with Crippen LogP contribution in [0.25, 0.3) is 0 Å². The summed E-state index contributed by atoms with van der Waals surface area (Å²) in [6.07, 6.45) is 1.84. The molecule has 0 aromatic heterocycles. The van der Waals surface area contributed by atoms with Gasteiger partial charge >= 0.3 is 0 Å². The third-order valence-corrected chi connectivity index (χ3v) is 4.35. The van der Waals surface area contributed by atoms with Crippen LogP contribution in [-0.4, -0.2) is 6.21 Å². The van der Waals surface area contributed by atoms with E-state index in [-0.39, 0.29) is 6.04 Å². The van der Waals surface area contributed by atoms with Crippen LogP contribution in [0, 0.1) is 6.92 Å². The average molecular weight is 327 g/mol. The predicted octanol–water partition coefficient (Wildman–Crippen LogP) is 6.14. The number of rotatable bonds is 3. The summed E-state index contributed by atoms with van der Waals surface area (Å²) in [5.74, 6) is 0. The highest BCUT2D eigenvalue weighted by Gasteiger charge is 2.13. The van der Waals surface area contributed by atoms with Crippen LogP contribution in [0.3, 0.4) is 0 Å². The van der Waals surface area contributed by atoms with Gasteiger partial charge in [-0.1, -0.05) is 70.7 Å². The summed E-state index contributed by atoms with van der Waals surface area (Å²) in [5, 5.41) is 1.30. The van der Waals surface area contributed by atoms with Gasteiger partial charge in [0.25, 0.3) is 0 Å². The van der Waals surface area contributed by atoms with Crippen molar-refractivity contribution in [3.8, 4) is 0 Å². The van der Waals surface area contributed by atoms with E-state index in [2.05, 4.69) is 24.0 Å². The van der Waals surface area contributed by atoms with Gasteiger partial charge in [-0.25, -0.2) is 0 Å². The van der Waals surface area contributed by atoms with Crippen LogP contribution in [0.4, 0.5) is 0 Å². The Hall–Kier alpha value is -1.02. The zero-order valence-corrected chi connectivity index (χ0v) is 13.5. The Labute approximate surface area is 134 Å². The minimum atomic E-state index is -0.0847. The van der Waals surface area contributed by atoms with Crippen LogP contribution in [0.15, 0.2) is 41.4 Å². The zero-order chi connectivity index (χ0) is 14.7. The van der Waals surface area contributed by atoms with Crippen molar-refractivity contribution in [1.82, 2.24) is 0 Å². The van der Waals surface area contributed by atoms with Crippen molar-refractivity contribution in [1.29, 1.82) is 0 Å². The SMILES string of the molecule is Cc1ccc(C=NC(C)c2ccc(Cl)c(Cl)c2Cl)cc1. The molecule has 20 heavy (non-hydrogen) atoms. The number of nitrogens with zero attached hydrogens (tertiary/aromatic N) is 1. The summed E-state index contributed by atoms with van der Waals surface area (Å²) >= 11 is 18.2. The number of benzene rings is 2. The standard InChI is InChI=1S/C16H14Cl3N/c1-10-3-5-12(6-4-10)9-20-11(2)13-7-8-14(17)16(19)15(13)18/h3-9,11H,1-2H3. The van der Waals surface area contributed by atoms with Gasteiger partial charge in [-0.15, -0.1) is 0 Å². The van der Waals surface area contributed by atoms with Crippen LogP contribution in [0.1, 0.15) is 29.7 Å². The first kappa shape index (κ1) is 15.4. The third-order valence-electron chi connectivity index (χ3n) is 3.04. The molecular weight excluding hydrogens is 313 g/mol. The van der Waals surface area contributed by atoms with Gasteiger partial charge in [0.05, 0.1) is 21.1 Å². The number of hydrogen-bond acceptors (Lipinski definition) is 1. The minimum absolute atomic E-state index is 0.0847. The zero-order valence-electron chi connectivity index (χ0n) is 11.2. The molecule has 4 heteroatoms. The van der Waals surface area contributed by atoms with Crippen molar-refractivity contribution in [2.75, 3.05) is 0 Å². The molecular formula is C16H14Cl3N. The Kier molecular flexibility index (Phi) is 5.09. The Morgan fingerprint density at radius 2 is 1.60 bits per heavy atom. The summed E-state index contributed by atoms with van der Waals surface area (Å²) < 4.78 is 0. The Balaban J connectivity index is 2.22. The van der Waals surface area contributed by atoms with Gasteiger partial charge in [-0.3, -0.25) is 4.99 Å². The number of halogens is 3. The monoisotopic (exact) mass is 325 g/mol. The van der Waals surface area contributed by atoms with Gasteiger partial charge in [0.1, 0.15) is 0 Å². The summed E-state index contributed by atoms with van der Waals surface area (Å²) in [6, 6.07) is 11.7. The van der Waals surface area contributed by atoms with Crippen LogP contribution < -0.4 is 0 Å². The second-order valence-electron chi connectivity index (χ2n) is 4.63. The molecule has 1 nitrogen and oxygen atoms in total. The second kappa shape index (κ2) is 6.62. The molecule has 0 aliphatic rings. The van der Waals surface area contributed by atoms with Crippen molar-refractivity contribution in [3.63, 3.8) is 0 Å². The Morgan fingerprint density at radius 1 is 0.950 bits per heavy atom. The van der Waals surface area contributed by atoms with Crippen molar-refractivity contribution in [3.05, 3.63) is 68.2 Å². The molecule has 2 rings (SSSR count). The van der Waals surface area contributed by atoms with Gasteiger partial charge in [0, 0.05) is 6.21 Å². The quantitative estimate of drug-likeness (QED) is 0.475. The summed E-state index contributed by atoms with van der Waals surface area (Å²) in [4.78, 5) is 4.51. The highest BCUT2D eigenvalue weighted by atomic mass is 35.5. The first-order valence-electron chi connectivity index (χ1n) is 6.22. The van der Waals surface area contributed by atoms with Crippen LogP contribution in [0.2, 0.25) is 15.1 Å². The molecule has 104 valence electrons. The predicted molar refractivity (Wildman–Crippen MR) is 88.7 cm³/mol. The molecule has 0 aliphatic carbocycles. The molecule has 0 saturated heterocycles. The summed E-state index contributed by atoms with van der Waals surface area (Å²) in [6.45, 7) is 4.02. The molecule has 0 N–H and O–H groups in total. The van der Waals surface area contributed by atoms with Crippen LogP contribution in [-0.2, 0) is 0 Å². The highest BCUT2D eigenvalue weighted by molar-refractivity contribution is 6.48. The molecule has 0 radical (unpaired) electrons. The summed E-state index contributed by atoms with van der Waals surface area (Å²) in [5.41, 5.74) is 3.14. The Morgan fingerprint density at radius 3 is 2.25 bits per heavy atom. The van der Waals surface area contributed by atoms with E-state index in [1.165, 1.54) is 5.56 Å². The fraction of sp³-hybridized carbons (Fsp3) is 0.188. The van der Waals surface area contributed by atoms with Gasteiger partial charge in [-0.05, 0) is 31.0 Å². The molecule has 1 unspecified atom stereocenters. The van der Waals surface area contributed by atoms with E-state index in [0.717, 1.165) is 11.1 Å². The van der Waals surface area contributed by atoms with Crippen LogP contribution >= 0.6 is 34.8 Å². The smallest absolute Gasteiger partial charge is 0.0782 e. The number of aliphatic imine (C=N–C) groups is 1. The lowest BCUT2D eigenvalue weighted by molar-refractivity contribution is 0.825. The van der Waals surface area contributed by atoms with Crippen molar-refractivity contribution < 1.29 is 0 Å². The van der Waals surface area contributed by atoms with E-state index in [4.69, 9.17) is 34.8 Å². The van der Waals surface area contributed by atoms with E-state index < -0.39 is 0 Å². The lowest BCUT2D eigenvalue weighted by atomic mass is 10.1. The topological polar surface area (TPSA) is 12.4 Å². The van der Waals surface area contributed by atoms with Gasteiger partial charge < -0.3 is 0 Å². The molecule has 2 aromatic rings. The minimum Gasteiger partial charge on any atom is -0.285 e. The van der Waals surface area contributed by atoms with Crippen LogP contribution in [0.5, 0.6) is 0 Å². The van der Waals surface area contributed by atoms with Crippen molar-refractivity contribution in [2.24, 2.45) is 4.99 Å². The Bertz CT molecular complexity index is 633. The van der Waals surface area contributed by atoms with E-state index in [0.29, 0.717) is 15.1 Å². The normalized spacial score (nSPS) is 12.8. The molecule has 0 fully saturated rings. The molecule has 0 saturated carbocycles. The maximum absolute atomic E-state index is 6.21. The van der Waals surface area contributed by atoms with E-state index in [1.807, 2.05) is 31.3 Å². The first-order chi connectivity index (χ1) is 9.49. The lowest BCUT2D eigenvalue weighted by Gasteiger charge is -2.11. The number of hydrogen-bond donors (Lipinski definition) is 0. The molecule has 0 bridgehead atoms. The molecule has 2 aromatic carbocycles. The van der Waals surface area contributed by atoms with Gasteiger partial charge in [0.15, 0.2) is 0 Å². The molecule has 0 spiro atoms. The summed E-state index contributed by atoms with van der Waals surface area (Å²) in [7, 11) is 0. The highest BCUT2D eigenvalue weighted by Crippen LogP contribution is 2.36. The average Bonchev–Trinajstić information content (AvgIpc) is 2.44.